The third-order valence-electron chi connectivity index (χ3n) is 1.29. The summed E-state index contributed by atoms with van der Waals surface area (Å²) >= 11 is 0.926. The van der Waals surface area contributed by atoms with Crippen LogP contribution in [-0.2, 0) is 0 Å². The van der Waals surface area contributed by atoms with Crippen molar-refractivity contribution in [3.8, 4) is 0 Å². The maximum absolute atomic E-state index is 12.1. The van der Waals surface area contributed by atoms with Crippen molar-refractivity contribution in [3.05, 3.63) is 0 Å². The lowest BCUT2D eigenvalue weighted by Crippen LogP contribution is -2.37. The molecule has 7 heteroatoms. The molecule has 0 amide bonds. The van der Waals surface area contributed by atoms with Crippen LogP contribution in [0.3, 0.4) is 0 Å². The van der Waals surface area contributed by atoms with E-state index in [1.807, 2.05) is 0 Å². The summed E-state index contributed by atoms with van der Waals surface area (Å²) in [5.74, 6) is -2.86. The summed E-state index contributed by atoms with van der Waals surface area (Å²) in [6.07, 6.45) is -4.46. The molecular weight excluding hydrogens is 205 g/mol. The molecule has 78 valence electrons. The minimum atomic E-state index is -4.46. The summed E-state index contributed by atoms with van der Waals surface area (Å²) in [7, 11) is 0. The topological polar surface area (TPSA) is 70.1 Å². The Morgan fingerprint density at radius 1 is 1.54 bits per heavy atom. The third kappa shape index (κ3) is 4.99. The van der Waals surface area contributed by atoms with Gasteiger partial charge in [0, 0.05) is 11.5 Å². The minimum absolute atomic E-state index is 0.173. The fourth-order valence-corrected chi connectivity index (χ4v) is 1.53. The smallest absolute Gasteiger partial charge is 0.396 e. The fourth-order valence-electron chi connectivity index (χ4n) is 0.626. The van der Waals surface area contributed by atoms with Gasteiger partial charge in [0.1, 0.15) is 11.8 Å². The molecule has 4 N–H and O–H groups in total. The molecule has 0 rings (SSSR count). The average molecular weight is 216 g/mol. The van der Waals surface area contributed by atoms with E-state index in [4.69, 9.17) is 16.2 Å². The van der Waals surface area contributed by atoms with Gasteiger partial charge in [-0.3, -0.25) is 5.41 Å². The quantitative estimate of drug-likeness (QED) is 0.362. The number of nitrogens with one attached hydrogen (secondary N) is 1. The maximum atomic E-state index is 12.1. The van der Waals surface area contributed by atoms with Crippen LogP contribution < -0.4 is 5.73 Å². The molecule has 3 nitrogen and oxygen atoms in total. The standard InChI is InChI=1S/C6H11F3N2OS/c7-6(8,9)4(5(10)11)3-13-2-1-12/h4,12H,1-3H2,(H3,10,11). The Balaban J connectivity index is 4.04. The molecule has 13 heavy (non-hydrogen) atoms. The molecule has 0 saturated heterocycles. The maximum Gasteiger partial charge on any atom is 0.399 e. The zero-order chi connectivity index (χ0) is 10.5. The molecule has 0 heterocycles. The van der Waals surface area contributed by atoms with Gasteiger partial charge in [0.05, 0.1) is 6.61 Å². The number of alkyl halides is 3. The van der Waals surface area contributed by atoms with Crippen LogP contribution in [0.5, 0.6) is 0 Å². The zero-order valence-corrected chi connectivity index (χ0v) is 7.58. The van der Waals surface area contributed by atoms with Crippen molar-refractivity contribution in [3.63, 3.8) is 0 Å². The summed E-state index contributed by atoms with van der Waals surface area (Å²) in [6, 6.07) is 0. The molecule has 0 aromatic rings. The predicted octanol–water partition coefficient (Wildman–Crippen LogP) is 0.826. The molecule has 0 aliphatic carbocycles. The van der Waals surface area contributed by atoms with Crippen LogP contribution in [0.2, 0.25) is 0 Å². The van der Waals surface area contributed by atoms with Crippen molar-refractivity contribution >= 4 is 17.6 Å². The van der Waals surface area contributed by atoms with Gasteiger partial charge in [-0.25, -0.2) is 0 Å². The zero-order valence-electron chi connectivity index (χ0n) is 6.77. The van der Waals surface area contributed by atoms with Gasteiger partial charge < -0.3 is 10.8 Å². The molecule has 0 bridgehead atoms. The predicted molar refractivity (Wildman–Crippen MR) is 45.9 cm³/mol. The van der Waals surface area contributed by atoms with Crippen molar-refractivity contribution in [2.24, 2.45) is 11.7 Å². The number of amidine groups is 1. The van der Waals surface area contributed by atoms with E-state index < -0.39 is 17.9 Å². The number of thioether (sulfide) groups is 1. The molecule has 0 spiro atoms. The van der Waals surface area contributed by atoms with E-state index in [-0.39, 0.29) is 18.1 Å². The van der Waals surface area contributed by atoms with E-state index in [1.54, 1.807) is 0 Å². The van der Waals surface area contributed by atoms with Crippen molar-refractivity contribution in [2.45, 2.75) is 6.18 Å². The monoisotopic (exact) mass is 216 g/mol. The van der Waals surface area contributed by atoms with E-state index in [0.29, 0.717) is 0 Å². The molecule has 0 aliphatic rings. The summed E-state index contributed by atoms with van der Waals surface area (Å²) < 4.78 is 36.3. The number of hydrogen-bond acceptors (Lipinski definition) is 3. The second kappa shape index (κ2) is 5.33. The van der Waals surface area contributed by atoms with Crippen LogP contribution in [-0.4, -0.2) is 35.2 Å². The van der Waals surface area contributed by atoms with Crippen LogP contribution in [0, 0.1) is 11.3 Å². The Morgan fingerprint density at radius 3 is 2.38 bits per heavy atom. The highest BCUT2D eigenvalue weighted by Crippen LogP contribution is 2.28. The normalized spacial score (nSPS) is 14.2. The lowest BCUT2D eigenvalue weighted by molar-refractivity contribution is -0.150. The number of aliphatic hydroxyl groups is 1. The summed E-state index contributed by atoms with van der Waals surface area (Å²) in [4.78, 5) is 0. The number of aliphatic hydroxyl groups excluding tert-OH is 1. The molecule has 0 fully saturated rings. The first-order valence-corrected chi connectivity index (χ1v) is 4.64. The van der Waals surface area contributed by atoms with Crippen LogP contribution in [0.25, 0.3) is 0 Å². The molecular formula is C6H11F3N2OS. The molecule has 0 aliphatic heterocycles. The molecule has 0 saturated carbocycles. The van der Waals surface area contributed by atoms with Gasteiger partial charge in [0.2, 0.25) is 0 Å². The number of halogens is 3. The van der Waals surface area contributed by atoms with Crippen molar-refractivity contribution in [1.82, 2.24) is 0 Å². The molecule has 0 aromatic carbocycles. The van der Waals surface area contributed by atoms with Gasteiger partial charge in [-0.05, 0) is 0 Å². The van der Waals surface area contributed by atoms with E-state index in [1.165, 1.54) is 0 Å². The number of hydrogen-bond donors (Lipinski definition) is 3. The Labute approximate surface area is 78.0 Å². The fraction of sp³-hybridized carbons (Fsp3) is 0.833. The third-order valence-corrected chi connectivity index (χ3v) is 2.33. The second-order valence-corrected chi connectivity index (χ2v) is 3.50. The summed E-state index contributed by atoms with van der Waals surface area (Å²) in [5, 5.41) is 15.1. The van der Waals surface area contributed by atoms with Gasteiger partial charge in [-0.15, -0.1) is 0 Å². The summed E-state index contributed by atoms with van der Waals surface area (Å²) in [6.45, 7) is -0.173. The lowest BCUT2D eigenvalue weighted by atomic mass is 10.1. The first-order chi connectivity index (χ1) is 5.89. The SMILES string of the molecule is N=C(N)C(CSCCO)C(F)(F)F. The van der Waals surface area contributed by atoms with E-state index in [9.17, 15) is 13.2 Å². The molecule has 1 atom stereocenters. The van der Waals surface area contributed by atoms with Gasteiger partial charge in [-0.2, -0.15) is 24.9 Å². The highest BCUT2D eigenvalue weighted by molar-refractivity contribution is 7.99. The molecule has 1 unspecified atom stereocenters. The summed E-state index contributed by atoms with van der Waals surface area (Å²) in [5.41, 5.74) is 4.79. The van der Waals surface area contributed by atoms with Crippen LogP contribution >= 0.6 is 11.8 Å². The number of nitrogens with two attached hydrogens (primary N) is 1. The van der Waals surface area contributed by atoms with E-state index >= 15 is 0 Å². The van der Waals surface area contributed by atoms with Crippen LogP contribution in [0.4, 0.5) is 13.2 Å². The van der Waals surface area contributed by atoms with Gasteiger partial charge in [-0.1, -0.05) is 0 Å². The van der Waals surface area contributed by atoms with Gasteiger partial charge in [0.15, 0.2) is 0 Å². The second-order valence-electron chi connectivity index (χ2n) is 2.35. The lowest BCUT2D eigenvalue weighted by Gasteiger charge is -2.17. The Hall–Kier alpha value is -0.430. The molecule has 0 radical (unpaired) electrons. The Bertz CT molecular complexity index is 174. The van der Waals surface area contributed by atoms with Crippen molar-refractivity contribution in [2.75, 3.05) is 18.1 Å². The van der Waals surface area contributed by atoms with Crippen molar-refractivity contribution < 1.29 is 18.3 Å². The minimum Gasteiger partial charge on any atom is -0.396 e. The first kappa shape index (κ1) is 12.6. The molecule has 0 aromatic heterocycles. The van der Waals surface area contributed by atoms with E-state index in [0.717, 1.165) is 11.8 Å². The highest BCUT2D eigenvalue weighted by atomic mass is 32.2. The van der Waals surface area contributed by atoms with Gasteiger partial charge >= 0.3 is 6.18 Å². The Kier molecular flexibility index (Phi) is 5.16. The highest BCUT2D eigenvalue weighted by Gasteiger charge is 2.41. The van der Waals surface area contributed by atoms with Crippen LogP contribution in [0.1, 0.15) is 0 Å². The largest absolute Gasteiger partial charge is 0.399 e. The number of rotatable bonds is 5. The van der Waals surface area contributed by atoms with E-state index in [2.05, 4.69) is 0 Å². The van der Waals surface area contributed by atoms with Gasteiger partial charge in [0.25, 0.3) is 0 Å². The Morgan fingerprint density at radius 2 is 2.08 bits per heavy atom. The average Bonchev–Trinajstić information content (AvgIpc) is 1.94. The van der Waals surface area contributed by atoms with Crippen LogP contribution in [0.15, 0.2) is 0 Å². The first-order valence-electron chi connectivity index (χ1n) is 3.48. The van der Waals surface area contributed by atoms with Crippen molar-refractivity contribution in [1.29, 1.82) is 5.41 Å².